The van der Waals surface area contributed by atoms with E-state index in [-0.39, 0.29) is 12.4 Å². The Morgan fingerprint density at radius 3 is 2.27 bits per heavy atom. The molecule has 0 aromatic rings. The molecule has 0 spiro atoms. The van der Waals surface area contributed by atoms with Gasteiger partial charge in [-0.25, -0.2) is 0 Å². The van der Waals surface area contributed by atoms with Crippen LogP contribution in [0.15, 0.2) is 12.2 Å². The second kappa shape index (κ2) is 8.09. The summed E-state index contributed by atoms with van der Waals surface area (Å²) in [4.78, 5) is 0. The summed E-state index contributed by atoms with van der Waals surface area (Å²) in [6.45, 7) is 6.47. The zero-order valence-corrected chi connectivity index (χ0v) is 8.53. The lowest BCUT2D eigenvalue weighted by Crippen LogP contribution is -2.16. The van der Waals surface area contributed by atoms with E-state index >= 15 is 0 Å². The van der Waals surface area contributed by atoms with Crippen LogP contribution in [0.2, 0.25) is 0 Å². The second-order valence-electron chi connectivity index (χ2n) is 3.08. The normalized spacial score (nSPS) is 13.5. The van der Waals surface area contributed by atoms with Gasteiger partial charge in [0.05, 0.1) is 0 Å². The Hall–Kier alpha value is -0.0100. The van der Waals surface area contributed by atoms with Crippen molar-refractivity contribution in [2.75, 3.05) is 0 Å². The first kappa shape index (κ1) is 13.6. The number of allylic oxidation sites excluding steroid dienone is 1. The van der Waals surface area contributed by atoms with Crippen LogP contribution in [0.1, 0.15) is 33.6 Å². The minimum absolute atomic E-state index is 0. The lowest BCUT2D eigenvalue weighted by molar-refractivity contribution is 0.655. The molecule has 1 atom stereocenters. The van der Waals surface area contributed by atoms with Gasteiger partial charge < -0.3 is 5.73 Å². The van der Waals surface area contributed by atoms with E-state index < -0.39 is 0 Å². The fourth-order valence-electron chi connectivity index (χ4n) is 0.692. The summed E-state index contributed by atoms with van der Waals surface area (Å²) >= 11 is 0. The standard InChI is InChI=1S/C9H19N.ClH/c1-4-9(10)7-5-6-8(2)3;/h5-6,8-9H,4,7,10H2,1-3H3;1H/b6-5+;. The number of halogens is 1. The zero-order chi connectivity index (χ0) is 7.98. The lowest BCUT2D eigenvalue weighted by Gasteiger charge is -2.03. The molecule has 0 bridgehead atoms. The van der Waals surface area contributed by atoms with Crippen LogP contribution < -0.4 is 5.73 Å². The van der Waals surface area contributed by atoms with Gasteiger partial charge in [-0.3, -0.25) is 0 Å². The molecule has 0 aromatic carbocycles. The number of rotatable bonds is 4. The van der Waals surface area contributed by atoms with E-state index in [4.69, 9.17) is 5.73 Å². The molecule has 0 fully saturated rings. The molecule has 11 heavy (non-hydrogen) atoms. The van der Waals surface area contributed by atoms with E-state index in [9.17, 15) is 0 Å². The third-order valence-corrected chi connectivity index (χ3v) is 1.48. The summed E-state index contributed by atoms with van der Waals surface area (Å²) in [5.41, 5.74) is 5.71. The summed E-state index contributed by atoms with van der Waals surface area (Å²) in [6.07, 6.45) is 6.48. The predicted molar refractivity (Wildman–Crippen MR) is 54.1 cm³/mol. The second-order valence-corrected chi connectivity index (χ2v) is 3.08. The average molecular weight is 178 g/mol. The fourth-order valence-corrected chi connectivity index (χ4v) is 0.692. The lowest BCUT2D eigenvalue weighted by atomic mass is 10.1. The highest BCUT2D eigenvalue weighted by atomic mass is 35.5. The highest BCUT2D eigenvalue weighted by molar-refractivity contribution is 5.85. The Morgan fingerprint density at radius 2 is 1.91 bits per heavy atom. The first-order chi connectivity index (χ1) is 4.66. The van der Waals surface area contributed by atoms with Gasteiger partial charge in [-0.05, 0) is 18.8 Å². The van der Waals surface area contributed by atoms with Crippen LogP contribution in [0.25, 0.3) is 0 Å². The quantitative estimate of drug-likeness (QED) is 0.657. The minimum atomic E-state index is 0. The van der Waals surface area contributed by atoms with Gasteiger partial charge in [0.25, 0.3) is 0 Å². The molecular formula is C9H20ClN. The maximum absolute atomic E-state index is 5.71. The largest absolute Gasteiger partial charge is 0.327 e. The Bertz CT molecular complexity index is 99.7. The molecule has 0 aromatic heterocycles. The molecule has 0 aliphatic carbocycles. The van der Waals surface area contributed by atoms with Crippen LogP contribution in [0.3, 0.4) is 0 Å². The third-order valence-electron chi connectivity index (χ3n) is 1.48. The first-order valence-corrected chi connectivity index (χ1v) is 4.09. The molecule has 2 heteroatoms. The van der Waals surface area contributed by atoms with Crippen molar-refractivity contribution in [1.82, 2.24) is 0 Å². The minimum Gasteiger partial charge on any atom is -0.327 e. The highest BCUT2D eigenvalue weighted by Crippen LogP contribution is 1.98. The van der Waals surface area contributed by atoms with Gasteiger partial charge in [0.15, 0.2) is 0 Å². The summed E-state index contributed by atoms with van der Waals surface area (Å²) in [7, 11) is 0. The summed E-state index contributed by atoms with van der Waals surface area (Å²) in [6, 6.07) is 0.356. The van der Waals surface area contributed by atoms with E-state index in [0.717, 1.165) is 12.8 Å². The molecule has 0 radical (unpaired) electrons. The van der Waals surface area contributed by atoms with E-state index in [1.807, 2.05) is 0 Å². The maximum atomic E-state index is 5.71. The van der Waals surface area contributed by atoms with E-state index in [2.05, 4.69) is 32.9 Å². The molecule has 0 amide bonds. The monoisotopic (exact) mass is 177 g/mol. The third kappa shape index (κ3) is 9.99. The van der Waals surface area contributed by atoms with Crippen molar-refractivity contribution < 1.29 is 0 Å². The molecule has 0 saturated heterocycles. The van der Waals surface area contributed by atoms with Gasteiger partial charge in [0, 0.05) is 6.04 Å². The Morgan fingerprint density at radius 1 is 1.36 bits per heavy atom. The smallest absolute Gasteiger partial charge is 0.00707 e. The molecule has 0 aliphatic rings. The van der Waals surface area contributed by atoms with Gasteiger partial charge in [0.1, 0.15) is 0 Å². The molecule has 68 valence electrons. The predicted octanol–water partition coefficient (Wildman–Crippen LogP) is 2.75. The molecule has 1 unspecified atom stereocenters. The van der Waals surface area contributed by atoms with Gasteiger partial charge >= 0.3 is 0 Å². The first-order valence-electron chi connectivity index (χ1n) is 4.09. The van der Waals surface area contributed by atoms with Crippen LogP contribution in [0, 0.1) is 5.92 Å². The molecule has 1 nitrogen and oxygen atoms in total. The molecule has 2 N–H and O–H groups in total. The van der Waals surface area contributed by atoms with Crippen LogP contribution in [-0.4, -0.2) is 6.04 Å². The average Bonchev–Trinajstić information content (AvgIpc) is 1.87. The van der Waals surface area contributed by atoms with Crippen molar-refractivity contribution in [2.45, 2.75) is 39.7 Å². The zero-order valence-electron chi connectivity index (χ0n) is 7.71. The summed E-state index contributed by atoms with van der Waals surface area (Å²) in [5.74, 6) is 0.657. The van der Waals surface area contributed by atoms with Crippen molar-refractivity contribution in [2.24, 2.45) is 11.7 Å². The van der Waals surface area contributed by atoms with Crippen LogP contribution in [0.5, 0.6) is 0 Å². The molecule has 0 heterocycles. The van der Waals surface area contributed by atoms with Crippen LogP contribution in [-0.2, 0) is 0 Å². The van der Waals surface area contributed by atoms with E-state index in [1.165, 1.54) is 0 Å². The summed E-state index contributed by atoms with van der Waals surface area (Å²) < 4.78 is 0. The van der Waals surface area contributed by atoms with E-state index in [0.29, 0.717) is 12.0 Å². The van der Waals surface area contributed by atoms with Gasteiger partial charge in [-0.2, -0.15) is 0 Å². The Balaban J connectivity index is 0. The van der Waals surface area contributed by atoms with Gasteiger partial charge in [0.2, 0.25) is 0 Å². The maximum Gasteiger partial charge on any atom is 0.00707 e. The summed E-state index contributed by atoms with van der Waals surface area (Å²) in [5, 5.41) is 0. The Labute approximate surface area is 76.5 Å². The van der Waals surface area contributed by atoms with Crippen LogP contribution >= 0.6 is 12.4 Å². The van der Waals surface area contributed by atoms with Gasteiger partial charge in [-0.1, -0.05) is 32.9 Å². The van der Waals surface area contributed by atoms with Crippen molar-refractivity contribution in [3.05, 3.63) is 12.2 Å². The Kier molecular flexibility index (Phi) is 9.98. The fraction of sp³-hybridized carbons (Fsp3) is 0.778. The van der Waals surface area contributed by atoms with Gasteiger partial charge in [-0.15, -0.1) is 12.4 Å². The number of nitrogens with two attached hydrogens (primary N) is 1. The van der Waals surface area contributed by atoms with E-state index in [1.54, 1.807) is 0 Å². The molecule has 0 saturated carbocycles. The van der Waals surface area contributed by atoms with Crippen molar-refractivity contribution in [1.29, 1.82) is 0 Å². The molecular weight excluding hydrogens is 158 g/mol. The van der Waals surface area contributed by atoms with Crippen molar-refractivity contribution in [3.8, 4) is 0 Å². The molecule has 0 rings (SSSR count). The van der Waals surface area contributed by atoms with Crippen LogP contribution in [0.4, 0.5) is 0 Å². The number of hydrogen-bond donors (Lipinski definition) is 1. The topological polar surface area (TPSA) is 26.0 Å². The van der Waals surface area contributed by atoms with Crippen molar-refractivity contribution >= 4 is 12.4 Å². The SMILES string of the molecule is CCC(N)C/C=C/C(C)C.Cl. The number of hydrogen-bond acceptors (Lipinski definition) is 1. The highest BCUT2D eigenvalue weighted by Gasteiger charge is 1.93. The molecule has 0 aliphatic heterocycles. The van der Waals surface area contributed by atoms with Crippen molar-refractivity contribution in [3.63, 3.8) is 0 Å².